The molecule has 3 aromatic rings. The van der Waals surface area contributed by atoms with Gasteiger partial charge in [0.15, 0.2) is 11.6 Å². The highest BCUT2D eigenvalue weighted by Crippen LogP contribution is 2.34. The van der Waals surface area contributed by atoms with Crippen LogP contribution < -0.4 is 0 Å². The first-order valence-corrected chi connectivity index (χ1v) is 9.56. The van der Waals surface area contributed by atoms with E-state index in [-0.39, 0.29) is 40.1 Å². The van der Waals surface area contributed by atoms with Gasteiger partial charge >= 0.3 is 6.18 Å². The van der Waals surface area contributed by atoms with Gasteiger partial charge in [-0.05, 0) is 24.3 Å². The topological polar surface area (TPSA) is 51.0 Å². The number of carbonyl (C=O) groups excluding carboxylic acids is 1. The van der Waals surface area contributed by atoms with Crippen molar-refractivity contribution < 1.29 is 22.4 Å². The lowest BCUT2D eigenvalue weighted by molar-refractivity contribution is -0.139. The predicted octanol–water partition coefficient (Wildman–Crippen LogP) is 5.58. The van der Waals surface area contributed by atoms with Gasteiger partial charge in [-0.25, -0.2) is 4.39 Å². The highest BCUT2D eigenvalue weighted by Gasteiger charge is 2.35. The summed E-state index contributed by atoms with van der Waals surface area (Å²) in [4.78, 5) is 14.3. The summed E-state index contributed by atoms with van der Waals surface area (Å²) in [6.45, 7) is 3.97. The maximum Gasteiger partial charge on any atom is 0.419 e. The van der Waals surface area contributed by atoms with E-state index in [9.17, 15) is 22.4 Å². The summed E-state index contributed by atoms with van der Waals surface area (Å²) < 4.78 is 54.0. The van der Waals surface area contributed by atoms with E-state index in [0.29, 0.717) is 17.6 Å². The lowest BCUT2D eigenvalue weighted by Gasteiger charge is -2.30. The molecule has 0 unspecified atom stereocenters. The van der Waals surface area contributed by atoms with Crippen molar-refractivity contribution >= 4 is 29.1 Å². The molecule has 2 heterocycles. The molecule has 11 heteroatoms. The molecular weight excluding hydrogens is 459 g/mol. The summed E-state index contributed by atoms with van der Waals surface area (Å²) in [5, 5.41) is 8.31. The fourth-order valence-corrected chi connectivity index (χ4v) is 3.65. The van der Waals surface area contributed by atoms with E-state index in [1.165, 1.54) is 11.0 Å². The molecule has 1 aliphatic heterocycles. The Morgan fingerprint density at radius 1 is 1.10 bits per heavy atom. The number of aromatic nitrogens is 3. The molecule has 0 aliphatic carbocycles. The van der Waals surface area contributed by atoms with Gasteiger partial charge in [-0.3, -0.25) is 4.79 Å². The molecule has 0 bridgehead atoms. The van der Waals surface area contributed by atoms with Gasteiger partial charge in [-0.2, -0.15) is 13.2 Å². The van der Waals surface area contributed by atoms with Gasteiger partial charge < -0.3 is 9.47 Å². The van der Waals surface area contributed by atoms with Crippen molar-refractivity contribution in [3.63, 3.8) is 0 Å². The predicted molar refractivity (Wildman–Crippen MR) is 106 cm³/mol. The van der Waals surface area contributed by atoms with Crippen LogP contribution in [0, 0.1) is 5.82 Å². The van der Waals surface area contributed by atoms with Crippen molar-refractivity contribution in [3.8, 4) is 11.4 Å². The van der Waals surface area contributed by atoms with Gasteiger partial charge in [0, 0.05) is 11.3 Å². The van der Waals surface area contributed by atoms with Crippen molar-refractivity contribution in [1.29, 1.82) is 0 Å². The van der Waals surface area contributed by atoms with Gasteiger partial charge in [0.05, 0.1) is 34.3 Å². The van der Waals surface area contributed by atoms with Crippen LogP contribution in [0.15, 0.2) is 48.7 Å². The second kappa shape index (κ2) is 7.65. The molecule has 0 N–H and O–H groups in total. The van der Waals surface area contributed by atoms with E-state index < -0.39 is 23.5 Å². The highest BCUT2D eigenvalue weighted by atomic mass is 35.5. The summed E-state index contributed by atoms with van der Waals surface area (Å²) in [6, 6.07) is 7.20. The number of amides is 1. The Balaban J connectivity index is 1.66. The normalized spacial score (nSPS) is 14.0. The second-order valence-electron chi connectivity index (χ2n) is 6.78. The number of carbonyl (C=O) groups is 1. The SMILES string of the molecule is C=C1Cn2c(nnc2-c2ccc(C(F)(F)F)c(F)c2)CN1C(=O)c1cccc(Cl)c1Cl. The lowest BCUT2D eigenvalue weighted by Crippen LogP contribution is -2.36. The first kappa shape index (κ1) is 21.3. The van der Waals surface area contributed by atoms with Crippen molar-refractivity contribution in [2.75, 3.05) is 0 Å². The minimum absolute atomic E-state index is 0.00335. The van der Waals surface area contributed by atoms with Gasteiger partial charge in [0.2, 0.25) is 0 Å². The third kappa shape index (κ3) is 3.79. The lowest BCUT2D eigenvalue weighted by atomic mass is 10.1. The number of hydrogen-bond donors (Lipinski definition) is 0. The number of hydrogen-bond acceptors (Lipinski definition) is 3. The van der Waals surface area contributed by atoms with E-state index in [0.717, 1.165) is 12.1 Å². The van der Waals surface area contributed by atoms with Crippen LogP contribution in [-0.2, 0) is 19.3 Å². The monoisotopic (exact) mass is 470 g/mol. The first-order valence-electron chi connectivity index (χ1n) is 8.80. The molecule has 31 heavy (non-hydrogen) atoms. The molecule has 1 aliphatic rings. The minimum atomic E-state index is -4.80. The Morgan fingerprint density at radius 2 is 1.84 bits per heavy atom. The van der Waals surface area contributed by atoms with Gasteiger partial charge in [-0.1, -0.05) is 41.9 Å². The largest absolute Gasteiger partial charge is 0.419 e. The molecule has 2 aromatic carbocycles. The molecule has 160 valence electrons. The summed E-state index contributed by atoms with van der Waals surface area (Å²) in [5.74, 6) is -1.33. The number of allylic oxidation sites excluding steroid dienone is 1. The Kier molecular flexibility index (Phi) is 5.26. The van der Waals surface area contributed by atoms with Crippen LogP contribution in [0.5, 0.6) is 0 Å². The molecule has 5 nitrogen and oxygen atoms in total. The van der Waals surface area contributed by atoms with Crippen molar-refractivity contribution in [1.82, 2.24) is 19.7 Å². The van der Waals surface area contributed by atoms with Crippen LogP contribution >= 0.6 is 23.2 Å². The first-order chi connectivity index (χ1) is 14.6. The third-order valence-corrected chi connectivity index (χ3v) is 5.63. The molecule has 4 rings (SSSR count). The summed E-state index contributed by atoms with van der Waals surface area (Å²) in [5.41, 5.74) is -0.681. The molecule has 0 saturated carbocycles. The van der Waals surface area contributed by atoms with Crippen LogP contribution in [0.4, 0.5) is 17.6 Å². The van der Waals surface area contributed by atoms with Gasteiger partial charge in [-0.15, -0.1) is 10.2 Å². The van der Waals surface area contributed by atoms with Gasteiger partial charge in [0.25, 0.3) is 5.91 Å². The van der Waals surface area contributed by atoms with Crippen molar-refractivity contribution in [2.45, 2.75) is 19.3 Å². The van der Waals surface area contributed by atoms with Crippen LogP contribution in [0.3, 0.4) is 0 Å². The smallest absolute Gasteiger partial charge is 0.303 e. The van der Waals surface area contributed by atoms with Crippen molar-refractivity contribution in [3.05, 3.63) is 81.5 Å². The Hall–Kier alpha value is -2.91. The van der Waals surface area contributed by atoms with E-state index in [1.54, 1.807) is 16.7 Å². The maximum absolute atomic E-state index is 14.0. The number of nitrogens with zero attached hydrogens (tertiary/aromatic N) is 4. The van der Waals surface area contributed by atoms with Gasteiger partial charge in [0.1, 0.15) is 5.82 Å². The highest BCUT2D eigenvalue weighted by molar-refractivity contribution is 6.43. The van der Waals surface area contributed by atoms with E-state index in [4.69, 9.17) is 23.2 Å². The summed E-state index contributed by atoms with van der Waals surface area (Å²) in [7, 11) is 0. The maximum atomic E-state index is 14.0. The standard InChI is InChI=1S/C20H12Cl2F4N4O/c1-10-8-30-16(9-29(10)19(31)12-3-2-4-14(21)17(12)22)27-28-18(30)11-5-6-13(15(23)7-11)20(24,25)26/h2-7H,1,8-9H2. The number of alkyl halides is 3. The van der Waals surface area contributed by atoms with E-state index >= 15 is 0 Å². The zero-order valence-electron chi connectivity index (χ0n) is 15.6. The Morgan fingerprint density at radius 3 is 2.52 bits per heavy atom. The molecule has 0 atom stereocenters. The van der Waals surface area contributed by atoms with Crippen LogP contribution in [-0.4, -0.2) is 25.6 Å². The number of fused-ring (bicyclic) bond motifs is 1. The summed E-state index contributed by atoms with van der Waals surface area (Å²) in [6.07, 6.45) is -4.80. The van der Waals surface area contributed by atoms with Crippen LogP contribution in [0.1, 0.15) is 21.7 Å². The molecule has 1 aromatic heterocycles. The Bertz CT molecular complexity index is 1220. The molecule has 0 saturated heterocycles. The van der Waals surface area contributed by atoms with E-state index in [2.05, 4.69) is 16.8 Å². The second-order valence-corrected chi connectivity index (χ2v) is 7.56. The van der Waals surface area contributed by atoms with Crippen LogP contribution in [0.25, 0.3) is 11.4 Å². The summed E-state index contributed by atoms with van der Waals surface area (Å²) >= 11 is 12.1. The zero-order valence-corrected chi connectivity index (χ0v) is 17.1. The molecule has 0 spiro atoms. The third-order valence-electron chi connectivity index (χ3n) is 4.81. The molecule has 1 amide bonds. The molecule has 0 fully saturated rings. The minimum Gasteiger partial charge on any atom is -0.303 e. The quantitative estimate of drug-likeness (QED) is 0.459. The fourth-order valence-electron chi connectivity index (χ4n) is 3.27. The molecule has 0 radical (unpaired) electrons. The number of rotatable bonds is 2. The zero-order chi connectivity index (χ0) is 22.5. The van der Waals surface area contributed by atoms with Crippen LogP contribution in [0.2, 0.25) is 10.0 Å². The van der Waals surface area contributed by atoms with Crippen molar-refractivity contribution in [2.24, 2.45) is 0 Å². The number of benzene rings is 2. The molecular formula is C20H12Cl2F4N4O. The number of halogens is 6. The van der Waals surface area contributed by atoms with E-state index in [1.807, 2.05) is 0 Å². The Labute approximate surface area is 183 Å². The average Bonchev–Trinajstić information content (AvgIpc) is 3.10. The fraction of sp³-hybridized carbons (Fsp3) is 0.150. The average molecular weight is 471 g/mol.